The van der Waals surface area contributed by atoms with E-state index in [0.29, 0.717) is 68.9 Å². The van der Waals surface area contributed by atoms with Crippen molar-refractivity contribution in [1.82, 2.24) is 50.0 Å². The SMILES string of the molecule is CC(C)(C)OC(=O)N1CCC(n2cc(C(Nc3cccc4c3C(=O)N(C3CCC(=O)NC3=O)C4=O)c3cn(C4CCN(C(=O)O)CC4)nn3)nn2)CC1. The fourth-order valence-corrected chi connectivity index (χ4v) is 7.25. The Labute approximate surface area is 303 Å². The van der Waals surface area contributed by atoms with Gasteiger partial charge in [0.1, 0.15) is 29.1 Å². The Bertz CT molecular complexity index is 1950. The minimum Gasteiger partial charge on any atom is -0.465 e. The first-order valence-corrected chi connectivity index (χ1v) is 17.7. The van der Waals surface area contributed by atoms with Crippen molar-refractivity contribution >= 4 is 41.5 Å². The molecule has 7 rings (SSSR count). The lowest BCUT2D eigenvalue weighted by Crippen LogP contribution is -2.54. The summed E-state index contributed by atoms with van der Waals surface area (Å²) in [5.74, 6) is -2.48. The molecule has 6 heterocycles. The number of amides is 6. The summed E-state index contributed by atoms with van der Waals surface area (Å²) in [6, 6.07) is 2.69. The largest absolute Gasteiger partial charge is 0.465 e. The van der Waals surface area contributed by atoms with E-state index in [1.165, 1.54) is 11.0 Å². The second-order valence-electron chi connectivity index (χ2n) is 14.7. The lowest BCUT2D eigenvalue weighted by molar-refractivity contribution is -0.136. The predicted molar refractivity (Wildman–Crippen MR) is 183 cm³/mol. The first-order chi connectivity index (χ1) is 25.3. The van der Waals surface area contributed by atoms with Gasteiger partial charge in [-0.25, -0.2) is 19.0 Å². The zero-order valence-corrected chi connectivity index (χ0v) is 29.6. The van der Waals surface area contributed by atoms with Crippen LogP contribution in [0.4, 0.5) is 15.3 Å². The number of rotatable bonds is 7. The topological polar surface area (TPSA) is 227 Å². The Morgan fingerprint density at radius 1 is 0.868 bits per heavy atom. The summed E-state index contributed by atoms with van der Waals surface area (Å²) in [5.41, 5.74) is 0.761. The van der Waals surface area contributed by atoms with E-state index < -0.39 is 47.4 Å². The van der Waals surface area contributed by atoms with Crippen LogP contribution in [0.2, 0.25) is 0 Å². The third-order valence-electron chi connectivity index (χ3n) is 10.0. The molecule has 0 radical (unpaired) electrons. The van der Waals surface area contributed by atoms with Crippen molar-refractivity contribution in [3.63, 3.8) is 0 Å². The molecule has 280 valence electrons. The Kier molecular flexibility index (Phi) is 9.33. The molecule has 2 aromatic heterocycles. The molecule has 0 aliphatic carbocycles. The first-order valence-electron chi connectivity index (χ1n) is 17.7. The number of benzene rings is 1. The summed E-state index contributed by atoms with van der Waals surface area (Å²) in [5, 5.41) is 32.8. The molecule has 1 aromatic carbocycles. The van der Waals surface area contributed by atoms with Crippen molar-refractivity contribution in [3.8, 4) is 0 Å². The summed E-state index contributed by atoms with van der Waals surface area (Å²) in [7, 11) is 0. The van der Waals surface area contributed by atoms with Crippen LogP contribution < -0.4 is 10.6 Å². The van der Waals surface area contributed by atoms with Gasteiger partial charge in [0.15, 0.2) is 0 Å². The smallest absolute Gasteiger partial charge is 0.410 e. The Morgan fingerprint density at radius 2 is 1.45 bits per heavy atom. The predicted octanol–water partition coefficient (Wildman–Crippen LogP) is 2.36. The van der Waals surface area contributed by atoms with Crippen LogP contribution in [-0.2, 0) is 14.3 Å². The number of nitrogens with zero attached hydrogens (tertiary/aromatic N) is 9. The average molecular weight is 732 g/mol. The monoisotopic (exact) mass is 731 g/mol. The standard InChI is InChI=1S/C34H41N11O8/c1-34(2,3)53-33(52)42-15-11-20(12-16-42)44-18-24(38-40-44)28(23-17-43(39-37-23)19-9-13-41(14-10-19)32(50)51)35-22-6-4-5-21-27(22)31(49)45(30(21)48)25-7-8-26(46)36-29(25)47/h4-6,17-20,25,28,35H,7-16H2,1-3H3,(H,50,51)(H,36,46,47). The highest BCUT2D eigenvalue weighted by Crippen LogP contribution is 2.36. The van der Waals surface area contributed by atoms with Gasteiger partial charge in [0.05, 0.1) is 35.6 Å². The number of carbonyl (C=O) groups is 6. The number of ether oxygens (including phenoxy) is 1. The van der Waals surface area contributed by atoms with Crippen LogP contribution in [0.3, 0.4) is 0 Å². The molecule has 3 fully saturated rings. The van der Waals surface area contributed by atoms with Crippen LogP contribution in [0.25, 0.3) is 0 Å². The lowest BCUT2D eigenvalue weighted by atomic mass is 10.0. The molecular weight excluding hydrogens is 690 g/mol. The Morgan fingerprint density at radius 3 is 2.00 bits per heavy atom. The number of piperidine rings is 3. The number of aromatic nitrogens is 6. The lowest BCUT2D eigenvalue weighted by Gasteiger charge is -2.33. The van der Waals surface area contributed by atoms with Crippen molar-refractivity contribution in [2.45, 2.75) is 89.1 Å². The van der Waals surface area contributed by atoms with Crippen molar-refractivity contribution in [3.05, 3.63) is 53.1 Å². The summed E-state index contributed by atoms with van der Waals surface area (Å²) in [6.07, 6.45) is 4.54. The molecule has 19 nitrogen and oxygen atoms in total. The number of likely N-dealkylation sites (tertiary alicyclic amines) is 2. The van der Waals surface area contributed by atoms with Gasteiger partial charge in [0.2, 0.25) is 11.8 Å². The van der Waals surface area contributed by atoms with E-state index >= 15 is 0 Å². The quantitative estimate of drug-likeness (QED) is 0.297. The van der Waals surface area contributed by atoms with Crippen molar-refractivity contribution in [1.29, 1.82) is 0 Å². The third-order valence-corrected chi connectivity index (χ3v) is 10.0. The Balaban J connectivity index is 1.16. The van der Waals surface area contributed by atoms with E-state index in [-0.39, 0.29) is 42.1 Å². The molecule has 19 heteroatoms. The molecule has 3 saturated heterocycles. The van der Waals surface area contributed by atoms with Crippen LogP contribution in [0.1, 0.15) is 110 Å². The average Bonchev–Trinajstić information content (AvgIpc) is 3.87. The number of fused-ring (bicyclic) bond motifs is 1. The van der Waals surface area contributed by atoms with E-state index in [1.54, 1.807) is 38.8 Å². The van der Waals surface area contributed by atoms with Gasteiger partial charge in [-0.3, -0.25) is 29.4 Å². The first kappa shape index (κ1) is 35.5. The number of anilines is 1. The van der Waals surface area contributed by atoms with Gasteiger partial charge in [-0.15, -0.1) is 10.2 Å². The molecule has 2 unspecified atom stereocenters. The fraction of sp³-hybridized carbons (Fsp3) is 0.529. The minimum atomic E-state index is -1.13. The van der Waals surface area contributed by atoms with Crippen LogP contribution >= 0.6 is 0 Å². The molecule has 4 aliphatic heterocycles. The molecule has 0 spiro atoms. The molecule has 0 saturated carbocycles. The zero-order chi connectivity index (χ0) is 37.6. The van der Waals surface area contributed by atoms with Gasteiger partial charge < -0.3 is 25.0 Å². The molecule has 3 aromatic rings. The van der Waals surface area contributed by atoms with Gasteiger partial charge >= 0.3 is 12.2 Å². The van der Waals surface area contributed by atoms with Gasteiger partial charge in [-0.05, 0) is 65.0 Å². The molecule has 2 atom stereocenters. The van der Waals surface area contributed by atoms with Crippen molar-refractivity contribution in [2.75, 3.05) is 31.5 Å². The second-order valence-corrected chi connectivity index (χ2v) is 14.7. The molecule has 4 aliphatic rings. The van der Waals surface area contributed by atoms with E-state index in [0.717, 1.165) is 4.90 Å². The summed E-state index contributed by atoms with van der Waals surface area (Å²) >= 11 is 0. The highest BCUT2D eigenvalue weighted by molar-refractivity contribution is 6.25. The Hall–Kier alpha value is -5.88. The number of hydrogen-bond donors (Lipinski definition) is 3. The van der Waals surface area contributed by atoms with Crippen molar-refractivity contribution in [2.24, 2.45) is 0 Å². The molecule has 0 bridgehead atoms. The molecular formula is C34H41N11O8. The van der Waals surface area contributed by atoms with E-state index in [4.69, 9.17) is 4.74 Å². The summed E-state index contributed by atoms with van der Waals surface area (Å²) in [6.45, 7) is 7.13. The van der Waals surface area contributed by atoms with Crippen LogP contribution in [0, 0.1) is 0 Å². The normalized spacial score (nSPS) is 20.7. The molecule has 53 heavy (non-hydrogen) atoms. The van der Waals surface area contributed by atoms with Crippen molar-refractivity contribution < 1.29 is 38.6 Å². The van der Waals surface area contributed by atoms with Gasteiger partial charge in [-0.1, -0.05) is 16.5 Å². The zero-order valence-electron chi connectivity index (χ0n) is 29.6. The van der Waals surface area contributed by atoms with Crippen LogP contribution in [0.15, 0.2) is 30.6 Å². The second kappa shape index (κ2) is 13.9. The highest BCUT2D eigenvalue weighted by Gasteiger charge is 2.46. The minimum absolute atomic E-state index is 0.00231. The van der Waals surface area contributed by atoms with Gasteiger partial charge in [0.25, 0.3) is 11.8 Å². The van der Waals surface area contributed by atoms with Crippen LogP contribution in [0.5, 0.6) is 0 Å². The van der Waals surface area contributed by atoms with E-state index in [2.05, 4.69) is 31.3 Å². The number of nitrogens with one attached hydrogen (secondary N) is 2. The number of imide groups is 2. The van der Waals surface area contributed by atoms with Gasteiger partial charge in [0, 0.05) is 38.3 Å². The molecule has 3 N–H and O–H groups in total. The third kappa shape index (κ3) is 7.14. The maximum Gasteiger partial charge on any atom is 0.410 e. The maximum absolute atomic E-state index is 13.9. The summed E-state index contributed by atoms with van der Waals surface area (Å²) < 4.78 is 8.99. The van der Waals surface area contributed by atoms with E-state index in [9.17, 15) is 33.9 Å². The van der Waals surface area contributed by atoms with Crippen LogP contribution in [-0.4, -0.2) is 123 Å². The fourth-order valence-electron chi connectivity index (χ4n) is 7.25. The van der Waals surface area contributed by atoms with E-state index in [1.807, 2.05) is 20.8 Å². The maximum atomic E-state index is 13.9. The number of carboxylic acid groups (broad SMARTS) is 1. The highest BCUT2D eigenvalue weighted by atomic mass is 16.6. The summed E-state index contributed by atoms with van der Waals surface area (Å²) in [4.78, 5) is 80.0. The molecule has 6 amide bonds. The number of carbonyl (C=O) groups excluding carboxylic acids is 5. The van der Waals surface area contributed by atoms with Gasteiger partial charge in [-0.2, -0.15) is 0 Å². The number of hydrogen-bond acceptors (Lipinski definition) is 12.